The molecule has 0 aliphatic carbocycles. The first-order valence-electron chi connectivity index (χ1n) is 16.5. The van der Waals surface area contributed by atoms with Crippen molar-refractivity contribution in [3.05, 3.63) is 108 Å². The van der Waals surface area contributed by atoms with Crippen molar-refractivity contribution in [2.75, 3.05) is 33.2 Å². The molecule has 0 atom stereocenters. The van der Waals surface area contributed by atoms with Crippen LogP contribution in [0.15, 0.2) is 101 Å². The monoisotopic (exact) mass is 720 g/mol. The molecule has 0 heterocycles. The lowest BCUT2D eigenvalue weighted by atomic mass is 9.99. The van der Waals surface area contributed by atoms with Crippen molar-refractivity contribution in [2.45, 2.75) is 62.7 Å². The van der Waals surface area contributed by atoms with Crippen LogP contribution >= 0.6 is 0 Å². The van der Waals surface area contributed by atoms with Crippen LogP contribution in [0.4, 0.5) is 32.3 Å². The van der Waals surface area contributed by atoms with Gasteiger partial charge in [-0.3, -0.25) is 9.44 Å². The largest absolute Gasteiger partial charge is 0.338 e. The number of rotatable bonds is 16. The van der Waals surface area contributed by atoms with Crippen LogP contribution in [-0.4, -0.2) is 42.0 Å². The van der Waals surface area contributed by atoms with Crippen molar-refractivity contribution in [1.29, 1.82) is 0 Å². The van der Waals surface area contributed by atoms with E-state index in [2.05, 4.69) is 30.7 Å². The number of urea groups is 2. The van der Waals surface area contributed by atoms with Crippen LogP contribution < -0.4 is 30.7 Å². The molecule has 0 unspecified atom stereocenters. The Morgan fingerprint density at radius 2 is 1.16 bits per heavy atom. The van der Waals surface area contributed by atoms with Gasteiger partial charge in [0.05, 0.1) is 21.2 Å². The number of hydrogen-bond acceptors (Lipinski definition) is 6. The zero-order valence-corrected chi connectivity index (χ0v) is 30.0. The predicted molar refractivity (Wildman–Crippen MR) is 199 cm³/mol. The Morgan fingerprint density at radius 3 is 1.88 bits per heavy atom. The fourth-order valence-electron chi connectivity index (χ4n) is 5.30. The number of nitrogens with one attached hydrogen (secondary N) is 6. The quantitative estimate of drug-likeness (QED) is 0.0751. The van der Waals surface area contributed by atoms with E-state index in [9.17, 15) is 26.4 Å². The Bertz CT molecular complexity index is 2000. The molecule has 0 aromatic heterocycles. The highest BCUT2D eigenvalue weighted by atomic mass is 32.2. The van der Waals surface area contributed by atoms with Crippen LogP contribution in [0.2, 0.25) is 0 Å². The smallest absolute Gasteiger partial charge is 0.319 e. The van der Waals surface area contributed by atoms with E-state index in [1.165, 1.54) is 36.4 Å². The summed E-state index contributed by atoms with van der Waals surface area (Å²) in [5.74, 6) is 0. The van der Waals surface area contributed by atoms with E-state index in [1.54, 1.807) is 43.3 Å². The van der Waals surface area contributed by atoms with Gasteiger partial charge in [-0.15, -0.1) is 0 Å². The number of anilines is 4. The minimum atomic E-state index is -3.94. The normalized spacial score (nSPS) is 11.3. The Hall–Kier alpha value is -5.08. The van der Waals surface area contributed by atoms with Crippen LogP contribution in [0.3, 0.4) is 0 Å². The van der Waals surface area contributed by atoms with Crippen LogP contribution in [0.5, 0.6) is 0 Å². The molecule has 266 valence electrons. The molecule has 0 aliphatic rings. The number of benzene rings is 4. The van der Waals surface area contributed by atoms with Gasteiger partial charge in [-0.05, 0) is 97.5 Å². The summed E-state index contributed by atoms with van der Waals surface area (Å²) in [7, 11) is -7.84. The van der Waals surface area contributed by atoms with Crippen molar-refractivity contribution in [3.63, 3.8) is 0 Å². The van der Waals surface area contributed by atoms with E-state index in [-0.39, 0.29) is 22.4 Å². The van der Waals surface area contributed by atoms with Crippen molar-refractivity contribution >= 4 is 54.9 Å². The molecule has 12 nitrogen and oxygen atoms in total. The number of para-hydroxylation sites is 1. The summed E-state index contributed by atoms with van der Waals surface area (Å²) in [6.07, 6.45) is 3.39. The van der Waals surface area contributed by atoms with E-state index in [0.29, 0.717) is 42.1 Å². The van der Waals surface area contributed by atoms with E-state index >= 15 is 0 Å². The van der Waals surface area contributed by atoms with Gasteiger partial charge in [0.1, 0.15) is 0 Å². The number of carbonyl (C=O) groups is 2. The molecule has 4 rings (SSSR count). The Balaban J connectivity index is 1.38. The van der Waals surface area contributed by atoms with Gasteiger partial charge in [0.2, 0.25) is 0 Å². The molecule has 14 heteroatoms. The van der Waals surface area contributed by atoms with Gasteiger partial charge >= 0.3 is 12.1 Å². The highest BCUT2D eigenvalue weighted by Gasteiger charge is 2.19. The van der Waals surface area contributed by atoms with Crippen LogP contribution in [0, 0.1) is 0 Å². The minimum Gasteiger partial charge on any atom is -0.338 e. The maximum atomic E-state index is 13.3. The first-order valence-corrected chi connectivity index (χ1v) is 19.5. The molecule has 0 bridgehead atoms. The van der Waals surface area contributed by atoms with E-state index < -0.39 is 26.1 Å². The number of amides is 4. The second-order valence-electron chi connectivity index (χ2n) is 11.5. The van der Waals surface area contributed by atoms with Crippen LogP contribution in [0.1, 0.15) is 50.3 Å². The highest BCUT2D eigenvalue weighted by Crippen LogP contribution is 2.26. The van der Waals surface area contributed by atoms with Gasteiger partial charge < -0.3 is 21.3 Å². The zero-order valence-electron chi connectivity index (χ0n) is 28.4. The highest BCUT2D eigenvalue weighted by molar-refractivity contribution is 7.93. The molecule has 4 aromatic carbocycles. The van der Waals surface area contributed by atoms with E-state index in [1.807, 2.05) is 32.0 Å². The Labute approximate surface area is 294 Å². The van der Waals surface area contributed by atoms with Gasteiger partial charge in [-0.1, -0.05) is 63.1 Å². The molecule has 0 fully saturated rings. The molecule has 0 aliphatic heterocycles. The summed E-state index contributed by atoms with van der Waals surface area (Å²) in [5, 5.41) is 10.8. The lowest BCUT2D eigenvalue weighted by Gasteiger charge is -2.17. The van der Waals surface area contributed by atoms with Gasteiger partial charge in [0.15, 0.2) is 0 Å². The summed E-state index contributed by atoms with van der Waals surface area (Å²) in [6.45, 7) is 6.52. The molecule has 50 heavy (non-hydrogen) atoms. The first kappa shape index (κ1) is 37.7. The molecule has 0 spiro atoms. The number of aryl methyl sites for hydroxylation is 1. The average molecular weight is 721 g/mol. The van der Waals surface area contributed by atoms with Gasteiger partial charge in [-0.25, -0.2) is 26.4 Å². The lowest BCUT2D eigenvalue weighted by Crippen LogP contribution is -2.30. The van der Waals surface area contributed by atoms with Crippen LogP contribution in [-0.2, 0) is 39.3 Å². The van der Waals surface area contributed by atoms with Crippen molar-refractivity contribution in [1.82, 2.24) is 10.6 Å². The fraction of sp³-hybridized carbons (Fsp3) is 0.278. The summed E-state index contributed by atoms with van der Waals surface area (Å²) in [5.41, 5.74) is 4.32. The fourth-order valence-corrected chi connectivity index (χ4v) is 7.54. The average Bonchev–Trinajstić information content (AvgIpc) is 3.07. The topological polar surface area (TPSA) is 175 Å². The number of sulfonamides is 2. The Kier molecular flexibility index (Phi) is 13.2. The van der Waals surface area contributed by atoms with E-state index in [4.69, 9.17) is 0 Å². The van der Waals surface area contributed by atoms with Crippen molar-refractivity contribution < 1.29 is 26.4 Å². The third kappa shape index (κ3) is 10.5. The second kappa shape index (κ2) is 17.5. The number of carbonyl (C=O) groups excluding carboxylic acids is 2. The second-order valence-corrected chi connectivity index (χ2v) is 14.8. The minimum absolute atomic E-state index is 0.0112. The SMILES string of the molecule is CCCc1ccccc1NS(=O)(=O)c1cccc(NC(=O)NCCc2cccc(NS(=O)(=O)c3ccc(NC(=O)NCC)cc3)c2CCC)c1. The third-order valence-electron chi connectivity index (χ3n) is 7.64. The zero-order chi connectivity index (χ0) is 36.1. The molecule has 4 amide bonds. The molecule has 6 N–H and O–H groups in total. The van der Waals surface area contributed by atoms with E-state index in [0.717, 1.165) is 36.0 Å². The molecule has 0 radical (unpaired) electrons. The standard InChI is InChI=1S/C36H44N6O6S2/c1-4-11-27-13-7-8-17-33(27)41-50(47,48)31-16-10-15-29(25-31)40-36(44)38-24-23-26-14-9-18-34(32(26)12-5-2)42-49(45,46)30-21-19-28(20-22-30)39-35(43)37-6-3/h7-10,13-22,25,41-42H,4-6,11-12,23-24H2,1-3H3,(H2,37,39,43)(H2,38,40,44). The van der Waals surface area contributed by atoms with Gasteiger partial charge in [0, 0.05) is 24.5 Å². The predicted octanol–water partition coefficient (Wildman–Crippen LogP) is 6.70. The summed E-state index contributed by atoms with van der Waals surface area (Å²) < 4.78 is 58.3. The molecule has 0 saturated carbocycles. The summed E-state index contributed by atoms with van der Waals surface area (Å²) >= 11 is 0. The van der Waals surface area contributed by atoms with Crippen molar-refractivity contribution in [3.8, 4) is 0 Å². The first-order chi connectivity index (χ1) is 24.0. The molecule has 0 saturated heterocycles. The molecular formula is C36H44N6O6S2. The molecule has 4 aromatic rings. The van der Waals surface area contributed by atoms with Gasteiger partial charge in [0.25, 0.3) is 20.0 Å². The summed E-state index contributed by atoms with van der Waals surface area (Å²) in [4.78, 5) is 24.6. The molecular weight excluding hydrogens is 677 g/mol. The Morgan fingerprint density at radius 1 is 0.560 bits per heavy atom. The number of hydrogen-bond donors (Lipinski definition) is 6. The van der Waals surface area contributed by atoms with Gasteiger partial charge in [-0.2, -0.15) is 0 Å². The maximum absolute atomic E-state index is 13.3. The van der Waals surface area contributed by atoms with Crippen molar-refractivity contribution in [2.24, 2.45) is 0 Å². The third-order valence-corrected chi connectivity index (χ3v) is 10.4. The van der Waals surface area contributed by atoms with Crippen LogP contribution in [0.25, 0.3) is 0 Å². The lowest BCUT2D eigenvalue weighted by molar-refractivity contribution is 0.251. The maximum Gasteiger partial charge on any atom is 0.319 e. The summed E-state index contributed by atoms with van der Waals surface area (Å²) in [6, 6.07) is 23.6.